The number of aliphatic carboxylic acids is 1. The Morgan fingerprint density at radius 1 is 1.38 bits per heavy atom. The van der Waals surface area contributed by atoms with Crippen LogP contribution in [0, 0.1) is 10.8 Å². The van der Waals surface area contributed by atoms with Crippen LogP contribution in [0.5, 0.6) is 0 Å². The molecule has 13 heavy (non-hydrogen) atoms. The molecule has 0 saturated carbocycles. The lowest BCUT2D eigenvalue weighted by Crippen LogP contribution is -2.53. The molecule has 0 aromatic carbocycles. The molecule has 0 aromatic rings. The second-order valence-corrected chi connectivity index (χ2v) is 5.01. The standard InChI is InChI=1S/C10H19NO2/c1-9(2)7-11(4)6-5-10(9,3)8(12)13/h5-7H2,1-4H3,(H,12,13). The number of carboxylic acids is 1. The van der Waals surface area contributed by atoms with Gasteiger partial charge in [-0.2, -0.15) is 0 Å². The highest BCUT2D eigenvalue weighted by molar-refractivity contribution is 5.75. The Balaban J connectivity index is 2.92. The first-order chi connectivity index (χ1) is 5.79. The summed E-state index contributed by atoms with van der Waals surface area (Å²) < 4.78 is 0. The van der Waals surface area contributed by atoms with Crippen LogP contribution in [0.4, 0.5) is 0 Å². The third-order valence-electron chi connectivity index (χ3n) is 3.62. The Hall–Kier alpha value is -0.570. The fraction of sp³-hybridized carbons (Fsp3) is 0.900. The highest BCUT2D eigenvalue weighted by Crippen LogP contribution is 2.45. The number of piperidine rings is 1. The van der Waals surface area contributed by atoms with Gasteiger partial charge in [0.15, 0.2) is 0 Å². The van der Waals surface area contributed by atoms with E-state index in [1.807, 2.05) is 27.8 Å². The van der Waals surface area contributed by atoms with E-state index in [-0.39, 0.29) is 5.41 Å². The van der Waals surface area contributed by atoms with Crippen molar-refractivity contribution < 1.29 is 9.90 Å². The zero-order valence-electron chi connectivity index (χ0n) is 8.92. The molecule has 0 spiro atoms. The van der Waals surface area contributed by atoms with Crippen LogP contribution < -0.4 is 0 Å². The average Bonchev–Trinajstić information content (AvgIpc) is 1.96. The van der Waals surface area contributed by atoms with Gasteiger partial charge in [0.1, 0.15) is 0 Å². The van der Waals surface area contributed by atoms with Crippen molar-refractivity contribution in [2.45, 2.75) is 27.2 Å². The first kappa shape index (κ1) is 10.5. The monoisotopic (exact) mass is 185 g/mol. The van der Waals surface area contributed by atoms with Gasteiger partial charge in [0.2, 0.25) is 0 Å². The smallest absolute Gasteiger partial charge is 0.309 e. The van der Waals surface area contributed by atoms with Crippen LogP contribution in [-0.4, -0.2) is 36.1 Å². The van der Waals surface area contributed by atoms with Gasteiger partial charge in [-0.1, -0.05) is 13.8 Å². The second kappa shape index (κ2) is 2.98. The van der Waals surface area contributed by atoms with E-state index in [1.165, 1.54) is 0 Å². The molecule has 1 saturated heterocycles. The fourth-order valence-corrected chi connectivity index (χ4v) is 2.08. The predicted octanol–water partition coefficient (Wildman–Crippen LogP) is 1.44. The minimum absolute atomic E-state index is 0.147. The highest BCUT2D eigenvalue weighted by atomic mass is 16.4. The summed E-state index contributed by atoms with van der Waals surface area (Å²) in [6, 6.07) is 0. The molecular weight excluding hydrogens is 166 g/mol. The summed E-state index contributed by atoms with van der Waals surface area (Å²) in [4.78, 5) is 13.4. The van der Waals surface area contributed by atoms with Crippen LogP contribution in [-0.2, 0) is 4.79 Å². The first-order valence-electron chi connectivity index (χ1n) is 4.71. The lowest BCUT2D eigenvalue weighted by molar-refractivity contribution is -0.160. The summed E-state index contributed by atoms with van der Waals surface area (Å²) in [5.74, 6) is -0.661. The molecule has 76 valence electrons. The number of likely N-dealkylation sites (tertiary alicyclic amines) is 1. The number of carbonyl (C=O) groups is 1. The summed E-state index contributed by atoms with van der Waals surface area (Å²) in [6.07, 6.45) is 0.742. The van der Waals surface area contributed by atoms with Crippen molar-refractivity contribution in [1.82, 2.24) is 4.90 Å². The largest absolute Gasteiger partial charge is 0.481 e. The van der Waals surface area contributed by atoms with E-state index in [1.54, 1.807) is 0 Å². The second-order valence-electron chi connectivity index (χ2n) is 5.01. The van der Waals surface area contributed by atoms with Crippen LogP contribution >= 0.6 is 0 Å². The van der Waals surface area contributed by atoms with Crippen molar-refractivity contribution in [2.24, 2.45) is 10.8 Å². The summed E-state index contributed by atoms with van der Waals surface area (Å²) in [7, 11) is 2.04. The van der Waals surface area contributed by atoms with Gasteiger partial charge in [0, 0.05) is 6.54 Å². The number of carboxylic acid groups (broad SMARTS) is 1. The van der Waals surface area contributed by atoms with Gasteiger partial charge in [0.25, 0.3) is 0 Å². The van der Waals surface area contributed by atoms with Crippen LogP contribution in [0.25, 0.3) is 0 Å². The topological polar surface area (TPSA) is 40.5 Å². The molecule has 0 aliphatic carbocycles. The number of nitrogens with zero attached hydrogens (tertiary/aromatic N) is 1. The SMILES string of the molecule is CN1CCC(C)(C(=O)O)C(C)(C)C1. The molecule has 1 unspecified atom stereocenters. The molecule has 3 heteroatoms. The average molecular weight is 185 g/mol. The summed E-state index contributed by atoms with van der Waals surface area (Å²) >= 11 is 0. The van der Waals surface area contributed by atoms with E-state index in [0.29, 0.717) is 0 Å². The summed E-state index contributed by atoms with van der Waals surface area (Å²) in [5.41, 5.74) is -0.717. The normalized spacial score (nSPS) is 34.5. The number of rotatable bonds is 1. The minimum Gasteiger partial charge on any atom is -0.481 e. The molecule has 0 bridgehead atoms. The van der Waals surface area contributed by atoms with Crippen molar-refractivity contribution >= 4 is 5.97 Å². The van der Waals surface area contributed by atoms with E-state index < -0.39 is 11.4 Å². The third kappa shape index (κ3) is 1.57. The molecule has 1 fully saturated rings. The molecular formula is C10H19NO2. The third-order valence-corrected chi connectivity index (χ3v) is 3.62. The summed E-state index contributed by atoms with van der Waals surface area (Å²) in [5, 5.41) is 9.20. The van der Waals surface area contributed by atoms with Crippen LogP contribution in [0.1, 0.15) is 27.2 Å². The van der Waals surface area contributed by atoms with Gasteiger partial charge in [-0.15, -0.1) is 0 Å². The van der Waals surface area contributed by atoms with Gasteiger partial charge < -0.3 is 10.0 Å². The van der Waals surface area contributed by atoms with Gasteiger partial charge in [0.05, 0.1) is 5.41 Å². The first-order valence-corrected chi connectivity index (χ1v) is 4.71. The highest BCUT2D eigenvalue weighted by Gasteiger charge is 2.49. The molecule has 1 atom stereocenters. The van der Waals surface area contributed by atoms with Gasteiger partial charge in [-0.05, 0) is 32.4 Å². The van der Waals surface area contributed by atoms with Crippen molar-refractivity contribution in [3.8, 4) is 0 Å². The molecule has 0 amide bonds. The molecule has 1 aliphatic rings. The lowest BCUT2D eigenvalue weighted by Gasteiger charge is -2.48. The molecule has 1 rings (SSSR count). The van der Waals surface area contributed by atoms with Crippen molar-refractivity contribution in [2.75, 3.05) is 20.1 Å². The Kier molecular flexibility index (Phi) is 2.41. The number of hydrogen-bond acceptors (Lipinski definition) is 2. The van der Waals surface area contributed by atoms with Crippen LogP contribution in [0.3, 0.4) is 0 Å². The summed E-state index contributed by atoms with van der Waals surface area (Å²) in [6.45, 7) is 7.68. The fourth-order valence-electron chi connectivity index (χ4n) is 2.08. The van der Waals surface area contributed by atoms with Crippen molar-refractivity contribution in [3.63, 3.8) is 0 Å². The molecule has 1 heterocycles. The van der Waals surface area contributed by atoms with E-state index >= 15 is 0 Å². The van der Waals surface area contributed by atoms with Crippen molar-refractivity contribution in [3.05, 3.63) is 0 Å². The molecule has 3 nitrogen and oxygen atoms in total. The van der Waals surface area contributed by atoms with Gasteiger partial charge >= 0.3 is 5.97 Å². The molecule has 1 N–H and O–H groups in total. The molecule has 0 radical (unpaired) electrons. The predicted molar refractivity (Wildman–Crippen MR) is 51.6 cm³/mol. The minimum atomic E-state index is -0.661. The lowest BCUT2D eigenvalue weighted by atomic mass is 9.62. The maximum atomic E-state index is 11.2. The Labute approximate surface area is 79.7 Å². The van der Waals surface area contributed by atoms with E-state index in [9.17, 15) is 9.90 Å². The van der Waals surface area contributed by atoms with Crippen LogP contribution in [0.15, 0.2) is 0 Å². The van der Waals surface area contributed by atoms with Crippen LogP contribution in [0.2, 0.25) is 0 Å². The molecule has 1 aliphatic heterocycles. The Bertz CT molecular complexity index is 225. The van der Waals surface area contributed by atoms with E-state index in [4.69, 9.17) is 0 Å². The maximum Gasteiger partial charge on any atom is 0.309 e. The number of hydrogen-bond donors (Lipinski definition) is 1. The van der Waals surface area contributed by atoms with Crippen molar-refractivity contribution in [1.29, 1.82) is 0 Å². The maximum absolute atomic E-state index is 11.2. The van der Waals surface area contributed by atoms with Gasteiger partial charge in [-0.3, -0.25) is 4.79 Å². The zero-order chi connectivity index (χ0) is 10.3. The molecule has 0 aromatic heterocycles. The quantitative estimate of drug-likeness (QED) is 0.672. The van der Waals surface area contributed by atoms with E-state index in [2.05, 4.69) is 4.90 Å². The Morgan fingerprint density at radius 3 is 2.31 bits per heavy atom. The zero-order valence-corrected chi connectivity index (χ0v) is 8.92. The van der Waals surface area contributed by atoms with Gasteiger partial charge in [-0.25, -0.2) is 0 Å². The Morgan fingerprint density at radius 2 is 1.92 bits per heavy atom. The van der Waals surface area contributed by atoms with E-state index in [0.717, 1.165) is 19.5 Å².